The van der Waals surface area contributed by atoms with Crippen molar-refractivity contribution < 1.29 is 14.3 Å². The Kier molecular flexibility index (Phi) is 3.74. The van der Waals surface area contributed by atoms with Crippen molar-refractivity contribution in [3.63, 3.8) is 0 Å². The standard InChI is InChI=1S/C17H22FNO2/c1-19(14-4-2-3-5-15(14)20)16(21)17(10-11-17)12-6-8-13(18)9-7-12/h6-9,14-15,20H,2-5,10-11H2,1H3. The van der Waals surface area contributed by atoms with Crippen molar-refractivity contribution in [2.75, 3.05) is 7.05 Å². The van der Waals surface area contributed by atoms with E-state index < -0.39 is 11.5 Å². The van der Waals surface area contributed by atoms with Crippen LogP contribution in [0, 0.1) is 5.82 Å². The number of carbonyl (C=O) groups is 1. The van der Waals surface area contributed by atoms with Crippen LogP contribution in [0.3, 0.4) is 0 Å². The van der Waals surface area contributed by atoms with Gasteiger partial charge in [0.05, 0.1) is 17.6 Å². The minimum Gasteiger partial charge on any atom is -0.391 e. The second kappa shape index (κ2) is 5.41. The summed E-state index contributed by atoms with van der Waals surface area (Å²) in [6.45, 7) is 0. The molecule has 3 rings (SSSR count). The molecule has 114 valence electrons. The minimum absolute atomic E-state index is 0.0695. The lowest BCUT2D eigenvalue weighted by molar-refractivity contribution is -0.138. The maximum absolute atomic E-state index is 13.1. The van der Waals surface area contributed by atoms with E-state index in [2.05, 4.69) is 0 Å². The zero-order chi connectivity index (χ0) is 15.0. The molecule has 0 spiro atoms. The molecule has 0 heterocycles. The Bertz CT molecular complexity index is 524. The number of carbonyl (C=O) groups excluding carboxylic acids is 1. The van der Waals surface area contributed by atoms with E-state index >= 15 is 0 Å². The molecule has 2 fully saturated rings. The predicted molar refractivity (Wildman–Crippen MR) is 78.3 cm³/mol. The third-order valence-electron chi connectivity index (χ3n) is 5.07. The van der Waals surface area contributed by atoms with Crippen LogP contribution in [0.5, 0.6) is 0 Å². The molecule has 4 heteroatoms. The highest BCUT2D eigenvalue weighted by molar-refractivity contribution is 5.91. The summed E-state index contributed by atoms with van der Waals surface area (Å²) in [5, 5.41) is 10.1. The molecule has 0 radical (unpaired) electrons. The normalized spacial score (nSPS) is 27.2. The fraction of sp³-hybridized carbons (Fsp3) is 0.588. The van der Waals surface area contributed by atoms with Crippen LogP contribution in [0.1, 0.15) is 44.1 Å². The molecule has 1 aromatic carbocycles. The maximum atomic E-state index is 13.1. The number of likely N-dealkylation sites (N-methyl/N-ethyl adjacent to an activating group) is 1. The zero-order valence-corrected chi connectivity index (χ0v) is 12.4. The van der Waals surface area contributed by atoms with Gasteiger partial charge in [-0.25, -0.2) is 4.39 Å². The second-order valence-corrected chi connectivity index (χ2v) is 6.42. The molecule has 2 aliphatic rings. The van der Waals surface area contributed by atoms with Gasteiger partial charge in [0.15, 0.2) is 0 Å². The first-order valence-corrected chi connectivity index (χ1v) is 7.76. The smallest absolute Gasteiger partial charge is 0.233 e. The highest BCUT2D eigenvalue weighted by Gasteiger charge is 2.53. The van der Waals surface area contributed by atoms with Gasteiger partial charge in [0.1, 0.15) is 5.82 Å². The number of benzene rings is 1. The number of amides is 1. The van der Waals surface area contributed by atoms with Gasteiger partial charge in [-0.15, -0.1) is 0 Å². The molecule has 21 heavy (non-hydrogen) atoms. The zero-order valence-electron chi connectivity index (χ0n) is 12.4. The molecule has 1 amide bonds. The number of nitrogens with zero attached hydrogens (tertiary/aromatic N) is 1. The Hall–Kier alpha value is -1.42. The molecule has 0 aromatic heterocycles. The van der Waals surface area contributed by atoms with Gasteiger partial charge < -0.3 is 10.0 Å². The maximum Gasteiger partial charge on any atom is 0.233 e. The Morgan fingerprint density at radius 1 is 1.24 bits per heavy atom. The average Bonchev–Trinajstić information content (AvgIpc) is 3.29. The van der Waals surface area contributed by atoms with E-state index in [9.17, 15) is 14.3 Å². The molecule has 0 aliphatic heterocycles. The Balaban J connectivity index is 1.79. The molecule has 2 aliphatic carbocycles. The summed E-state index contributed by atoms with van der Waals surface area (Å²) in [7, 11) is 1.80. The Morgan fingerprint density at radius 2 is 1.86 bits per heavy atom. The van der Waals surface area contributed by atoms with Crippen LogP contribution in [-0.4, -0.2) is 35.1 Å². The lowest BCUT2D eigenvalue weighted by Gasteiger charge is -2.37. The molecule has 1 aromatic rings. The lowest BCUT2D eigenvalue weighted by atomic mass is 9.89. The van der Waals surface area contributed by atoms with E-state index in [1.807, 2.05) is 0 Å². The van der Waals surface area contributed by atoms with Gasteiger partial charge in [-0.05, 0) is 43.4 Å². The number of hydrogen-bond acceptors (Lipinski definition) is 2. The molecule has 0 bridgehead atoms. The van der Waals surface area contributed by atoms with Gasteiger partial charge in [0, 0.05) is 7.05 Å². The first-order chi connectivity index (χ1) is 10.0. The van der Waals surface area contributed by atoms with Crippen molar-refractivity contribution in [3.05, 3.63) is 35.6 Å². The van der Waals surface area contributed by atoms with Gasteiger partial charge >= 0.3 is 0 Å². The summed E-state index contributed by atoms with van der Waals surface area (Å²) in [6, 6.07) is 6.18. The van der Waals surface area contributed by atoms with E-state index in [0.29, 0.717) is 0 Å². The third kappa shape index (κ3) is 2.57. The largest absolute Gasteiger partial charge is 0.391 e. The first-order valence-electron chi connectivity index (χ1n) is 7.76. The highest BCUT2D eigenvalue weighted by atomic mass is 19.1. The monoisotopic (exact) mass is 291 g/mol. The molecule has 2 saturated carbocycles. The molecule has 0 saturated heterocycles. The second-order valence-electron chi connectivity index (χ2n) is 6.42. The predicted octanol–water partition coefficient (Wildman–Crippen LogP) is 2.62. The van der Waals surface area contributed by atoms with Gasteiger partial charge in [-0.3, -0.25) is 4.79 Å². The minimum atomic E-state index is -0.486. The van der Waals surface area contributed by atoms with Gasteiger partial charge in [0.2, 0.25) is 5.91 Å². The van der Waals surface area contributed by atoms with Crippen LogP contribution in [0.4, 0.5) is 4.39 Å². The fourth-order valence-corrected chi connectivity index (χ4v) is 3.55. The molecule has 3 nitrogen and oxygen atoms in total. The van der Waals surface area contributed by atoms with Crippen LogP contribution in [-0.2, 0) is 10.2 Å². The Morgan fingerprint density at radius 3 is 2.43 bits per heavy atom. The van der Waals surface area contributed by atoms with Crippen LogP contribution in [0.15, 0.2) is 24.3 Å². The highest BCUT2D eigenvalue weighted by Crippen LogP contribution is 2.50. The average molecular weight is 291 g/mol. The number of hydrogen-bond donors (Lipinski definition) is 1. The fourth-order valence-electron chi connectivity index (χ4n) is 3.55. The van der Waals surface area contributed by atoms with Gasteiger partial charge in [-0.2, -0.15) is 0 Å². The molecule has 2 unspecified atom stereocenters. The van der Waals surface area contributed by atoms with Gasteiger partial charge in [0.25, 0.3) is 0 Å². The topological polar surface area (TPSA) is 40.5 Å². The van der Waals surface area contributed by atoms with Crippen LogP contribution < -0.4 is 0 Å². The SMILES string of the molecule is CN(C(=O)C1(c2ccc(F)cc2)CC1)C1CCCCC1O. The van der Waals surface area contributed by atoms with E-state index in [1.165, 1.54) is 12.1 Å². The van der Waals surface area contributed by atoms with Crippen molar-refractivity contribution in [3.8, 4) is 0 Å². The number of aliphatic hydroxyl groups is 1. The van der Waals surface area contributed by atoms with E-state index in [0.717, 1.165) is 44.1 Å². The summed E-state index contributed by atoms with van der Waals surface area (Å²) in [4.78, 5) is 14.6. The lowest BCUT2D eigenvalue weighted by Crippen LogP contribution is -2.49. The third-order valence-corrected chi connectivity index (χ3v) is 5.07. The summed E-state index contributed by atoms with van der Waals surface area (Å²) < 4.78 is 13.1. The Labute approximate surface area is 124 Å². The molecular weight excluding hydrogens is 269 g/mol. The first kappa shape index (κ1) is 14.5. The van der Waals surface area contributed by atoms with Gasteiger partial charge in [-0.1, -0.05) is 25.0 Å². The van der Waals surface area contributed by atoms with E-state index in [1.54, 1.807) is 24.1 Å². The van der Waals surface area contributed by atoms with E-state index in [-0.39, 0.29) is 17.8 Å². The van der Waals surface area contributed by atoms with E-state index in [4.69, 9.17) is 0 Å². The van der Waals surface area contributed by atoms with Crippen LogP contribution >= 0.6 is 0 Å². The van der Waals surface area contributed by atoms with Crippen molar-refractivity contribution in [1.29, 1.82) is 0 Å². The van der Waals surface area contributed by atoms with Crippen molar-refractivity contribution in [1.82, 2.24) is 4.90 Å². The number of rotatable bonds is 3. The van der Waals surface area contributed by atoms with Crippen molar-refractivity contribution in [2.45, 2.75) is 56.1 Å². The summed E-state index contributed by atoms with van der Waals surface area (Å²) in [6.07, 6.45) is 4.92. The summed E-state index contributed by atoms with van der Waals surface area (Å²) in [5.41, 5.74) is 0.408. The van der Waals surface area contributed by atoms with Crippen LogP contribution in [0.2, 0.25) is 0 Å². The summed E-state index contributed by atoms with van der Waals surface area (Å²) >= 11 is 0. The molecule has 2 atom stereocenters. The number of halogens is 1. The quantitative estimate of drug-likeness (QED) is 0.930. The molecule has 1 N–H and O–H groups in total. The molecular formula is C17H22FNO2. The van der Waals surface area contributed by atoms with Crippen molar-refractivity contribution >= 4 is 5.91 Å². The van der Waals surface area contributed by atoms with Crippen LogP contribution in [0.25, 0.3) is 0 Å². The number of aliphatic hydroxyl groups excluding tert-OH is 1. The van der Waals surface area contributed by atoms with Crippen molar-refractivity contribution in [2.24, 2.45) is 0 Å². The summed E-state index contributed by atoms with van der Waals surface area (Å²) in [5.74, 6) is -0.210.